The lowest BCUT2D eigenvalue weighted by atomic mass is 10.1. The fourth-order valence-corrected chi connectivity index (χ4v) is 4.39. The highest BCUT2D eigenvalue weighted by Crippen LogP contribution is 2.29. The van der Waals surface area contributed by atoms with Gasteiger partial charge in [0.05, 0.1) is 18.1 Å². The number of nitrogens with zero attached hydrogens (tertiary/aromatic N) is 4. The summed E-state index contributed by atoms with van der Waals surface area (Å²) in [6, 6.07) is 14.7. The molecule has 196 valence electrons. The predicted molar refractivity (Wildman–Crippen MR) is 146 cm³/mol. The molecule has 3 N–H and O–H groups in total. The number of rotatable bonds is 9. The van der Waals surface area contributed by atoms with Gasteiger partial charge in [-0.1, -0.05) is 36.4 Å². The van der Waals surface area contributed by atoms with Crippen LogP contribution in [0.25, 0.3) is 5.70 Å². The van der Waals surface area contributed by atoms with Crippen LogP contribution in [0.5, 0.6) is 5.75 Å². The average molecular weight is 525 g/mol. The maximum absolute atomic E-state index is 12.9. The highest BCUT2D eigenvalue weighted by atomic mass is 35.5. The molecule has 2 amide bonds. The molecule has 0 radical (unpaired) electrons. The van der Waals surface area contributed by atoms with Gasteiger partial charge in [0.1, 0.15) is 18.9 Å². The first kappa shape index (κ1) is 26.7. The van der Waals surface area contributed by atoms with Crippen molar-refractivity contribution in [1.29, 1.82) is 0 Å². The number of hydrogen-bond donors (Lipinski definition) is 2. The topological polar surface area (TPSA) is 94.4 Å². The van der Waals surface area contributed by atoms with Gasteiger partial charge in [-0.15, -0.1) is 0 Å². The van der Waals surface area contributed by atoms with Crippen LogP contribution in [0.2, 0.25) is 5.02 Å². The number of piperazine rings is 1. The summed E-state index contributed by atoms with van der Waals surface area (Å²) in [5, 5.41) is 4.62. The molecular weight excluding hydrogens is 492 g/mol. The van der Waals surface area contributed by atoms with E-state index in [1.807, 2.05) is 30.3 Å². The molecule has 2 heterocycles. The van der Waals surface area contributed by atoms with Crippen LogP contribution in [0, 0.1) is 0 Å². The van der Waals surface area contributed by atoms with E-state index in [0.717, 1.165) is 38.3 Å². The largest absolute Gasteiger partial charge is 0.492 e. The molecule has 9 nitrogen and oxygen atoms in total. The van der Waals surface area contributed by atoms with Crippen molar-refractivity contribution < 1.29 is 14.3 Å². The molecule has 2 saturated heterocycles. The standard InChI is InChI=1S/C27H33ClN6O3/c1-20(27(36)33-18-26(35)30-19-33)15-25(34(29)23-7-4-6-22(28)17-23)21-5-3-8-24(16-21)37-14-13-32-11-9-31(2)10-12-32/h3-8,15-17H,1,9-14,18-19,29H2,2H3,(H,30,35)/b25-15-. The lowest BCUT2D eigenvalue weighted by Gasteiger charge is -2.32. The first-order chi connectivity index (χ1) is 17.8. The van der Waals surface area contributed by atoms with Gasteiger partial charge in [-0.05, 0) is 43.5 Å². The van der Waals surface area contributed by atoms with Gasteiger partial charge in [-0.25, -0.2) is 5.84 Å². The minimum Gasteiger partial charge on any atom is -0.492 e. The molecule has 4 rings (SSSR count). The molecule has 10 heteroatoms. The zero-order valence-corrected chi connectivity index (χ0v) is 21.8. The molecule has 37 heavy (non-hydrogen) atoms. The molecule has 2 aliphatic heterocycles. The molecule has 0 aliphatic carbocycles. The van der Waals surface area contributed by atoms with E-state index in [0.29, 0.717) is 28.8 Å². The van der Waals surface area contributed by atoms with Crippen LogP contribution in [-0.2, 0) is 9.59 Å². The van der Waals surface area contributed by atoms with Crippen LogP contribution in [0.1, 0.15) is 5.56 Å². The van der Waals surface area contributed by atoms with Gasteiger partial charge < -0.3 is 19.9 Å². The Morgan fingerprint density at radius 3 is 2.65 bits per heavy atom. The zero-order chi connectivity index (χ0) is 26.4. The van der Waals surface area contributed by atoms with Crippen molar-refractivity contribution in [2.75, 3.05) is 64.6 Å². The van der Waals surface area contributed by atoms with Crippen molar-refractivity contribution in [3.05, 3.63) is 77.3 Å². The normalized spacial score (nSPS) is 17.0. The van der Waals surface area contributed by atoms with Crippen LogP contribution in [0.4, 0.5) is 5.69 Å². The number of amides is 2. The van der Waals surface area contributed by atoms with Crippen molar-refractivity contribution >= 4 is 34.8 Å². The first-order valence-electron chi connectivity index (χ1n) is 12.2. The molecule has 2 fully saturated rings. The number of carbonyl (C=O) groups is 2. The van der Waals surface area contributed by atoms with Gasteiger partial charge in [0.2, 0.25) is 5.91 Å². The smallest absolute Gasteiger partial charge is 0.255 e. The number of halogens is 1. The number of nitrogens with two attached hydrogens (primary N) is 1. The second kappa shape index (κ2) is 12.2. The molecule has 0 bridgehead atoms. The van der Waals surface area contributed by atoms with Crippen molar-refractivity contribution in [3.63, 3.8) is 0 Å². The first-order valence-corrected chi connectivity index (χ1v) is 12.6. The SMILES string of the molecule is C=C(/C=C(/c1cccc(OCCN2CCN(C)CC2)c1)N(N)c1cccc(Cl)c1)C(=O)N1CNC(=O)C1. The van der Waals surface area contributed by atoms with Crippen LogP contribution in [0.3, 0.4) is 0 Å². The van der Waals surface area contributed by atoms with Gasteiger partial charge >= 0.3 is 0 Å². The van der Waals surface area contributed by atoms with E-state index >= 15 is 0 Å². The summed E-state index contributed by atoms with van der Waals surface area (Å²) in [4.78, 5) is 30.6. The summed E-state index contributed by atoms with van der Waals surface area (Å²) in [7, 11) is 2.14. The van der Waals surface area contributed by atoms with Crippen LogP contribution in [-0.4, -0.2) is 86.1 Å². The Hall–Kier alpha value is -3.37. The van der Waals surface area contributed by atoms with E-state index in [4.69, 9.17) is 22.2 Å². The fourth-order valence-electron chi connectivity index (χ4n) is 4.21. The van der Waals surface area contributed by atoms with Gasteiger partial charge in [-0.2, -0.15) is 0 Å². The lowest BCUT2D eigenvalue weighted by molar-refractivity contribution is -0.127. The molecule has 0 unspecified atom stereocenters. The van der Waals surface area contributed by atoms with Gasteiger partial charge in [0.25, 0.3) is 5.91 Å². The van der Waals surface area contributed by atoms with Crippen molar-refractivity contribution in [2.24, 2.45) is 5.84 Å². The number of benzene rings is 2. The Balaban J connectivity index is 1.54. The predicted octanol–water partition coefficient (Wildman–Crippen LogP) is 2.16. The summed E-state index contributed by atoms with van der Waals surface area (Å²) in [5.74, 6) is 6.69. The zero-order valence-electron chi connectivity index (χ0n) is 21.0. The molecule has 0 spiro atoms. The molecule has 0 aromatic heterocycles. The third-order valence-electron chi connectivity index (χ3n) is 6.42. The minimum atomic E-state index is -0.352. The molecular formula is C27H33ClN6O3. The van der Waals surface area contributed by atoms with E-state index in [2.05, 4.69) is 28.7 Å². The monoisotopic (exact) mass is 524 g/mol. The third kappa shape index (κ3) is 7.11. The lowest BCUT2D eigenvalue weighted by Crippen LogP contribution is -2.45. The highest BCUT2D eigenvalue weighted by molar-refractivity contribution is 6.30. The summed E-state index contributed by atoms with van der Waals surface area (Å²) in [6.07, 6.45) is 1.62. The number of ether oxygens (including phenoxy) is 1. The van der Waals surface area contributed by atoms with Gasteiger partial charge in [0.15, 0.2) is 0 Å². The quantitative estimate of drug-likeness (QED) is 0.225. The van der Waals surface area contributed by atoms with Crippen LogP contribution in [0.15, 0.2) is 66.8 Å². The molecule has 0 saturated carbocycles. The second-order valence-electron chi connectivity index (χ2n) is 9.19. The minimum absolute atomic E-state index is 0.00170. The molecule has 0 atom stereocenters. The van der Waals surface area contributed by atoms with Crippen LogP contribution < -0.4 is 20.9 Å². The summed E-state index contributed by atoms with van der Waals surface area (Å²) in [5.41, 5.74) is 2.11. The third-order valence-corrected chi connectivity index (χ3v) is 6.66. The van der Waals surface area contributed by atoms with E-state index in [1.54, 1.807) is 24.3 Å². The maximum atomic E-state index is 12.9. The number of nitrogens with one attached hydrogen (secondary N) is 1. The summed E-state index contributed by atoms with van der Waals surface area (Å²) < 4.78 is 6.07. The fraction of sp³-hybridized carbons (Fsp3) is 0.333. The van der Waals surface area contributed by atoms with Crippen molar-refractivity contribution in [3.8, 4) is 5.75 Å². The van der Waals surface area contributed by atoms with Crippen LogP contribution >= 0.6 is 11.6 Å². The Labute approximate surface area is 222 Å². The van der Waals surface area contributed by atoms with Gasteiger partial charge in [-0.3, -0.25) is 19.5 Å². The van der Waals surface area contributed by atoms with E-state index in [1.165, 1.54) is 9.91 Å². The Kier molecular flexibility index (Phi) is 8.83. The summed E-state index contributed by atoms with van der Waals surface area (Å²) >= 11 is 6.20. The number of likely N-dealkylation sites (N-methyl/N-ethyl adjacent to an activating group) is 1. The molecule has 2 aliphatic rings. The number of hydrogen-bond acceptors (Lipinski definition) is 7. The molecule has 2 aromatic carbocycles. The second-order valence-corrected chi connectivity index (χ2v) is 9.62. The number of hydrazine groups is 1. The highest BCUT2D eigenvalue weighted by Gasteiger charge is 2.25. The van der Waals surface area contributed by atoms with Gasteiger partial charge in [0, 0.05) is 48.9 Å². The number of carbonyl (C=O) groups excluding carboxylic acids is 2. The number of anilines is 1. The van der Waals surface area contributed by atoms with E-state index < -0.39 is 0 Å². The van der Waals surface area contributed by atoms with E-state index in [-0.39, 0.29) is 30.6 Å². The Morgan fingerprint density at radius 2 is 1.95 bits per heavy atom. The molecule has 2 aromatic rings. The van der Waals surface area contributed by atoms with Crippen molar-refractivity contribution in [1.82, 2.24) is 20.0 Å². The van der Waals surface area contributed by atoms with Crippen molar-refractivity contribution in [2.45, 2.75) is 0 Å². The maximum Gasteiger partial charge on any atom is 0.255 e. The Morgan fingerprint density at radius 1 is 1.19 bits per heavy atom. The average Bonchev–Trinajstić information content (AvgIpc) is 3.34. The Bertz CT molecular complexity index is 1180. The summed E-state index contributed by atoms with van der Waals surface area (Å²) in [6.45, 7) is 9.70. The van der Waals surface area contributed by atoms with E-state index in [9.17, 15) is 9.59 Å².